The third-order valence-electron chi connectivity index (χ3n) is 4.43. The average Bonchev–Trinajstić information content (AvgIpc) is 3.48. The molecule has 2 aromatic carbocycles. The fraction of sp³-hybridized carbons (Fsp3) is 0. The minimum atomic E-state index is -2.26. The Bertz CT molecular complexity index is 1350. The molecule has 0 bridgehead atoms. The van der Waals surface area contributed by atoms with Gasteiger partial charge < -0.3 is 0 Å². The molecule has 0 fully saturated rings. The SMILES string of the molecule is Fc1c(F)c(F)c(-c2ccc(C#Cc3ccc(-c4c(F)c(F)c(F)c(F)c4F)[te]3)[te]2)c(F)c1F. The van der Waals surface area contributed by atoms with Crippen LogP contribution >= 0.6 is 0 Å². The Morgan fingerprint density at radius 2 is 0.647 bits per heavy atom. The first-order valence-corrected chi connectivity index (χ1v) is 13.4. The van der Waals surface area contributed by atoms with Crippen molar-refractivity contribution in [2.45, 2.75) is 0 Å². The number of rotatable bonds is 2. The zero-order chi connectivity index (χ0) is 24.9. The summed E-state index contributed by atoms with van der Waals surface area (Å²) in [6.07, 6.45) is 0. The van der Waals surface area contributed by atoms with E-state index in [9.17, 15) is 43.9 Å². The van der Waals surface area contributed by atoms with Crippen LogP contribution in [0.25, 0.3) is 18.3 Å². The van der Waals surface area contributed by atoms with Crippen molar-refractivity contribution in [3.8, 4) is 30.1 Å². The van der Waals surface area contributed by atoms with Crippen LogP contribution in [0.1, 0.15) is 7.16 Å². The Kier molecular flexibility index (Phi) is 6.95. The van der Waals surface area contributed by atoms with Crippen molar-refractivity contribution in [2.24, 2.45) is 0 Å². The average molecular weight is 713 g/mol. The number of halogens is 10. The van der Waals surface area contributed by atoms with E-state index in [-0.39, 0.29) is 7.16 Å². The van der Waals surface area contributed by atoms with Crippen LogP contribution in [0.4, 0.5) is 43.9 Å². The van der Waals surface area contributed by atoms with E-state index in [1.165, 1.54) is 24.3 Å². The van der Waals surface area contributed by atoms with Crippen LogP contribution in [0.3, 0.4) is 0 Å². The monoisotopic (exact) mass is 718 g/mol. The summed E-state index contributed by atoms with van der Waals surface area (Å²) >= 11 is -3.26. The van der Waals surface area contributed by atoms with Crippen molar-refractivity contribution >= 4 is 40.9 Å². The van der Waals surface area contributed by atoms with Gasteiger partial charge in [0.05, 0.1) is 0 Å². The molecule has 0 radical (unpaired) electrons. The quantitative estimate of drug-likeness (QED) is 0.0796. The molecule has 0 aliphatic rings. The van der Waals surface area contributed by atoms with Crippen LogP contribution in [-0.4, -0.2) is 40.9 Å². The molecule has 0 aliphatic heterocycles. The summed E-state index contributed by atoms with van der Waals surface area (Å²) in [7, 11) is 0. The van der Waals surface area contributed by atoms with Crippen molar-refractivity contribution in [2.75, 3.05) is 0 Å². The van der Waals surface area contributed by atoms with E-state index in [1.54, 1.807) is 0 Å². The summed E-state index contributed by atoms with van der Waals surface area (Å²) < 4.78 is 137. The molecule has 2 heterocycles. The zero-order valence-electron chi connectivity index (χ0n) is 15.9. The van der Waals surface area contributed by atoms with E-state index >= 15 is 0 Å². The summed E-state index contributed by atoms with van der Waals surface area (Å²) in [5.41, 5.74) is -2.04. The van der Waals surface area contributed by atoms with Gasteiger partial charge in [0.25, 0.3) is 0 Å². The molecule has 0 spiro atoms. The zero-order valence-corrected chi connectivity index (χ0v) is 20.6. The number of hydrogen-bond donors (Lipinski definition) is 0. The molecule has 4 aromatic rings. The summed E-state index contributed by atoms with van der Waals surface area (Å²) in [6.45, 7) is 0. The predicted molar refractivity (Wildman–Crippen MR) is 103 cm³/mol. The molecule has 0 aliphatic carbocycles. The Balaban J connectivity index is 1.68. The van der Waals surface area contributed by atoms with Crippen molar-refractivity contribution < 1.29 is 43.9 Å². The Morgan fingerprint density at radius 3 is 0.941 bits per heavy atom. The maximum atomic E-state index is 14.0. The van der Waals surface area contributed by atoms with Crippen molar-refractivity contribution in [3.63, 3.8) is 0 Å². The van der Waals surface area contributed by atoms with E-state index in [1.807, 2.05) is 0 Å². The van der Waals surface area contributed by atoms with Gasteiger partial charge in [-0.2, -0.15) is 0 Å². The second-order valence-electron chi connectivity index (χ2n) is 6.47. The first-order chi connectivity index (χ1) is 16.0. The van der Waals surface area contributed by atoms with Gasteiger partial charge in [-0.3, -0.25) is 0 Å². The molecule has 0 nitrogen and oxygen atoms in total. The van der Waals surface area contributed by atoms with E-state index in [0.717, 1.165) is 0 Å². The van der Waals surface area contributed by atoms with Crippen LogP contribution < -0.4 is 0 Å². The van der Waals surface area contributed by atoms with Crippen LogP contribution in [0, 0.1) is 70.0 Å². The molecule has 174 valence electrons. The Morgan fingerprint density at radius 1 is 0.382 bits per heavy atom. The molecule has 0 unspecified atom stereocenters. The first kappa shape index (κ1) is 24.9. The van der Waals surface area contributed by atoms with Gasteiger partial charge in [-0.05, 0) is 0 Å². The number of benzene rings is 2. The Labute approximate surface area is 203 Å². The van der Waals surface area contributed by atoms with Gasteiger partial charge in [0.2, 0.25) is 0 Å². The fourth-order valence-corrected chi connectivity index (χ4v) is 7.94. The molecule has 34 heavy (non-hydrogen) atoms. The standard InChI is InChI=1S/C22H4F10Te2/c23-13-11(14(24)18(28)21(31)17(13)27)9-5-3-7(33-9)1-2-8-4-6-10(34-8)12-15(25)19(29)22(32)20(30)16(12)26/h3-6H. The van der Waals surface area contributed by atoms with E-state index < -0.39 is 110 Å². The molecule has 4 rings (SSSR count). The molecule has 0 N–H and O–H groups in total. The summed E-state index contributed by atoms with van der Waals surface area (Å²) in [5.74, 6) is -15.2. The third kappa shape index (κ3) is 4.20. The van der Waals surface area contributed by atoms with Gasteiger partial charge in [0.1, 0.15) is 0 Å². The van der Waals surface area contributed by atoms with E-state index in [4.69, 9.17) is 0 Å². The van der Waals surface area contributed by atoms with Gasteiger partial charge in [-0.1, -0.05) is 0 Å². The molecule has 2 aromatic heterocycles. The normalized spacial score (nSPS) is 11.0. The molecular weight excluding hydrogens is 709 g/mol. The van der Waals surface area contributed by atoms with Crippen molar-refractivity contribution in [1.82, 2.24) is 0 Å². The molecule has 0 atom stereocenters. The molecular formula is C22H4F10Te2. The van der Waals surface area contributed by atoms with Gasteiger partial charge in [0, 0.05) is 0 Å². The van der Waals surface area contributed by atoms with Crippen LogP contribution in [0.2, 0.25) is 0 Å². The van der Waals surface area contributed by atoms with Gasteiger partial charge >= 0.3 is 204 Å². The fourth-order valence-electron chi connectivity index (χ4n) is 2.84. The maximum absolute atomic E-state index is 14.0. The Hall–Kier alpha value is -2.16. The second-order valence-corrected chi connectivity index (χ2v) is 12.7. The van der Waals surface area contributed by atoms with Crippen molar-refractivity contribution in [3.05, 3.63) is 89.6 Å². The number of hydrogen-bond acceptors (Lipinski definition) is 0. The minimum absolute atomic E-state index is 0.0698. The van der Waals surface area contributed by atoms with Crippen LogP contribution in [-0.2, 0) is 0 Å². The summed E-state index contributed by atoms with van der Waals surface area (Å²) in [4.78, 5) is 0. The predicted octanol–water partition coefficient (Wildman–Crippen LogP) is 5.93. The van der Waals surface area contributed by atoms with Crippen molar-refractivity contribution in [1.29, 1.82) is 0 Å². The third-order valence-corrected chi connectivity index (χ3v) is 10.2. The van der Waals surface area contributed by atoms with E-state index in [2.05, 4.69) is 11.8 Å². The topological polar surface area (TPSA) is 0 Å². The first-order valence-electron chi connectivity index (χ1n) is 8.78. The second kappa shape index (κ2) is 9.47. The summed E-state index contributed by atoms with van der Waals surface area (Å²) in [6, 6.07) is 5.11. The van der Waals surface area contributed by atoms with Gasteiger partial charge in [0.15, 0.2) is 0 Å². The van der Waals surface area contributed by atoms with E-state index in [0.29, 0.717) is 7.16 Å². The molecule has 0 saturated carbocycles. The summed E-state index contributed by atoms with van der Waals surface area (Å²) in [5, 5.41) is 0. The van der Waals surface area contributed by atoms with Crippen LogP contribution in [0.5, 0.6) is 0 Å². The van der Waals surface area contributed by atoms with Crippen LogP contribution in [0.15, 0.2) is 24.3 Å². The van der Waals surface area contributed by atoms with Gasteiger partial charge in [-0.15, -0.1) is 0 Å². The molecule has 12 heteroatoms. The molecule has 0 saturated heterocycles. The molecule has 0 amide bonds. The van der Waals surface area contributed by atoms with Gasteiger partial charge in [-0.25, -0.2) is 0 Å².